The number of aliphatic hydroxyl groups is 1. The first-order chi connectivity index (χ1) is 12.4. The molecule has 0 radical (unpaired) electrons. The van der Waals surface area contributed by atoms with Gasteiger partial charge in [0, 0.05) is 6.54 Å². The molecule has 0 spiro atoms. The fourth-order valence-electron chi connectivity index (χ4n) is 2.46. The van der Waals surface area contributed by atoms with E-state index < -0.39 is 17.7 Å². The Morgan fingerprint density at radius 1 is 1.07 bits per heavy atom. The molecule has 3 N–H and O–H groups in total. The number of benzene rings is 2. The predicted octanol–water partition coefficient (Wildman–Crippen LogP) is 4.24. The van der Waals surface area contributed by atoms with Crippen molar-refractivity contribution in [1.82, 2.24) is 10.6 Å². The molecule has 0 aliphatic carbocycles. The molecule has 7 heteroatoms. The number of hydrogen-bond acceptors (Lipinski definition) is 2. The van der Waals surface area contributed by atoms with Crippen molar-refractivity contribution in [2.45, 2.75) is 32.9 Å². The van der Waals surface area contributed by atoms with Gasteiger partial charge in [-0.1, -0.05) is 35.9 Å². The molecule has 2 aromatic rings. The van der Waals surface area contributed by atoms with Crippen LogP contribution >= 0.6 is 24.0 Å². The highest BCUT2D eigenvalue weighted by atomic mass is 127. The van der Waals surface area contributed by atoms with Crippen LogP contribution in [0, 0.1) is 18.6 Å². The topological polar surface area (TPSA) is 56.7 Å². The Hall–Kier alpha value is -1.74. The summed E-state index contributed by atoms with van der Waals surface area (Å²) in [7, 11) is 0. The smallest absolute Gasteiger partial charge is 0.191 e. The number of aliphatic imine (C=N–C) groups is 1. The van der Waals surface area contributed by atoms with Crippen LogP contribution in [0.25, 0.3) is 0 Å². The van der Waals surface area contributed by atoms with Gasteiger partial charge in [-0.25, -0.2) is 8.78 Å². The second-order valence-electron chi connectivity index (χ2n) is 6.19. The number of rotatable bonds is 6. The molecule has 27 heavy (non-hydrogen) atoms. The number of halogens is 3. The van der Waals surface area contributed by atoms with Crippen LogP contribution in [0.3, 0.4) is 0 Å². The van der Waals surface area contributed by atoms with Crippen molar-refractivity contribution in [3.05, 3.63) is 70.8 Å². The number of aliphatic hydroxyl groups excluding tert-OH is 1. The first-order valence-electron chi connectivity index (χ1n) is 8.65. The lowest BCUT2D eigenvalue weighted by Gasteiger charge is -2.19. The van der Waals surface area contributed by atoms with Gasteiger partial charge in [-0.2, -0.15) is 0 Å². The van der Waals surface area contributed by atoms with Gasteiger partial charge in [0.1, 0.15) is 0 Å². The summed E-state index contributed by atoms with van der Waals surface area (Å²) in [5, 5.41) is 16.5. The van der Waals surface area contributed by atoms with Crippen LogP contribution < -0.4 is 10.6 Å². The van der Waals surface area contributed by atoms with E-state index in [4.69, 9.17) is 0 Å². The number of aryl methyl sites for hydroxylation is 1. The Morgan fingerprint density at radius 2 is 1.70 bits per heavy atom. The molecule has 2 aromatic carbocycles. The third kappa shape index (κ3) is 7.06. The van der Waals surface area contributed by atoms with Crippen molar-refractivity contribution in [3.8, 4) is 0 Å². The lowest BCUT2D eigenvalue weighted by Crippen LogP contribution is -2.39. The Bertz CT molecular complexity index is 753. The van der Waals surface area contributed by atoms with E-state index in [0.29, 0.717) is 18.1 Å². The summed E-state index contributed by atoms with van der Waals surface area (Å²) in [5.41, 5.74) is 2.53. The second-order valence-corrected chi connectivity index (χ2v) is 6.19. The monoisotopic (exact) mass is 489 g/mol. The minimum absolute atomic E-state index is 0. The van der Waals surface area contributed by atoms with E-state index in [1.54, 1.807) is 0 Å². The summed E-state index contributed by atoms with van der Waals surface area (Å²) in [5.74, 6) is -1.26. The molecule has 148 valence electrons. The average Bonchev–Trinajstić information content (AvgIpc) is 2.62. The molecule has 0 heterocycles. The molecule has 0 aliphatic heterocycles. The SMILES string of the molecule is CCNC(=NCC(O)c1ccc(C)cc1)NC(C)c1ccc(F)c(F)c1.I. The lowest BCUT2D eigenvalue weighted by atomic mass is 10.1. The fraction of sp³-hybridized carbons (Fsp3) is 0.350. The maximum absolute atomic E-state index is 13.4. The molecule has 0 amide bonds. The minimum Gasteiger partial charge on any atom is -0.386 e. The molecular formula is C20H26F2IN3O. The minimum atomic E-state index is -0.882. The van der Waals surface area contributed by atoms with Crippen molar-refractivity contribution in [1.29, 1.82) is 0 Å². The highest BCUT2D eigenvalue weighted by molar-refractivity contribution is 14.0. The summed E-state index contributed by atoms with van der Waals surface area (Å²) < 4.78 is 26.5. The van der Waals surface area contributed by atoms with Gasteiger partial charge in [0.2, 0.25) is 0 Å². The highest BCUT2D eigenvalue weighted by Gasteiger charge is 2.12. The summed E-state index contributed by atoms with van der Waals surface area (Å²) in [4.78, 5) is 4.39. The van der Waals surface area contributed by atoms with Gasteiger partial charge in [-0.15, -0.1) is 24.0 Å². The maximum Gasteiger partial charge on any atom is 0.191 e. The molecule has 0 saturated carbocycles. The number of hydrogen-bond donors (Lipinski definition) is 3. The van der Waals surface area contributed by atoms with E-state index in [2.05, 4.69) is 15.6 Å². The van der Waals surface area contributed by atoms with Gasteiger partial charge in [0.15, 0.2) is 17.6 Å². The van der Waals surface area contributed by atoms with E-state index >= 15 is 0 Å². The highest BCUT2D eigenvalue weighted by Crippen LogP contribution is 2.16. The van der Waals surface area contributed by atoms with Gasteiger partial charge in [-0.05, 0) is 44.0 Å². The van der Waals surface area contributed by atoms with Crippen molar-refractivity contribution in [3.63, 3.8) is 0 Å². The molecular weight excluding hydrogens is 463 g/mol. The zero-order valence-corrected chi connectivity index (χ0v) is 18.0. The first-order valence-corrected chi connectivity index (χ1v) is 8.65. The van der Waals surface area contributed by atoms with E-state index in [0.717, 1.165) is 23.3 Å². The zero-order valence-electron chi connectivity index (χ0n) is 15.7. The summed E-state index contributed by atoms with van der Waals surface area (Å²) >= 11 is 0. The van der Waals surface area contributed by atoms with Crippen LogP contribution in [0.4, 0.5) is 8.78 Å². The molecule has 0 aliphatic rings. The molecule has 4 nitrogen and oxygen atoms in total. The van der Waals surface area contributed by atoms with Crippen LogP contribution in [-0.2, 0) is 0 Å². The van der Waals surface area contributed by atoms with Gasteiger partial charge in [-0.3, -0.25) is 4.99 Å². The third-order valence-corrected chi connectivity index (χ3v) is 4.03. The van der Waals surface area contributed by atoms with E-state index in [1.165, 1.54) is 6.07 Å². The van der Waals surface area contributed by atoms with Gasteiger partial charge in [0.25, 0.3) is 0 Å². The maximum atomic E-state index is 13.4. The van der Waals surface area contributed by atoms with Crippen LogP contribution in [0.2, 0.25) is 0 Å². The van der Waals surface area contributed by atoms with Crippen LogP contribution in [-0.4, -0.2) is 24.2 Å². The van der Waals surface area contributed by atoms with Crippen LogP contribution in [0.5, 0.6) is 0 Å². The summed E-state index contributed by atoms with van der Waals surface area (Å²) in [6, 6.07) is 11.2. The summed E-state index contributed by atoms with van der Waals surface area (Å²) in [6.45, 7) is 6.56. The van der Waals surface area contributed by atoms with Crippen molar-refractivity contribution in [2.24, 2.45) is 4.99 Å². The number of nitrogens with zero attached hydrogens (tertiary/aromatic N) is 1. The Balaban J connectivity index is 0.00000364. The molecule has 0 saturated heterocycles. The summed E-state index contributed by atoms with van der Waals surface area (Å²) in [6.07, 6.45) is -0.718. The molecule has 2 unspecified atom stereocenters. The van der Waals surface area contributed by atoms with Gasteiger partial charge >= 0.3 is 0 Å². The Morgan fingerprint density at radius 3 is 2.30 bits per heavy atom. The molecule has 2 atom stereocenters. The van der Waals surface area contributed by atoms with E-state index in [9.17, 15) is 13.9 Å². The predicted molar refractivity (Wildman–Crippen MR) is 115 cm³/mol. The Labute approximate surface area is 176 Å². The first kappa shape index (κ1) is 23.3. The van der Waals surface area contributed by atoms with Gasteiger partial charge < -0.3 is 15.7 Å². The molecule has 0 fully saturated rings. The fourth-order valence-corrected chi connectivity index (χ4v) is 2.46. The standard InChI is InChI=1S/C20H25F2N3O.HI/c1-4-23-20(24-12-19(26)15-7-5-13(2)6-8-15)25-14(3)16-9-10-17(21)18(22)11-16;/h5-11,14,19,26H,4,12H2,1-3H3,(H2,23,24,25);1H. The van der Waals surface area contributed by atoms with Crippen molar-refractivity contribution in [2.75, 3.05) is 13.1 Å². The largest absolute Gasteiger partial charge is 0.386 e. The second kappa shape index (κ2) is 11.2. The molecule has 2 rings (SSSR count). The van der Waals surface area contributed by atoms with Crippen LogP contribution in [0.15, 0.2) is 47.5 Å². The van der Waals surface area contributed by atoms with E-state index in [1.807, 2.05) is 45.0 Å². The lowest BCUT2D eigenvalue weighted by molar-refractivity contribution is 0.187. The quantitative estimate of drug-likeness (QED) is 0.323. The average molecular weight is 489 g/mol. The zero-order chi connectivity index (χ0) is 19.1. The normalized spacial score (nSPS) is 13.5. The number of nitrogens with one attached hydrogen (secondary N) is 2. The third-order valence-electron chi connectivity index (χ3n) is 4.03. The number of guanidine groups is 1. The Kier molecular flexibility index (Phi) is 9.65. The van der Waals surface area contributed by atoms with Gasteiger partial charge in [0.05, 0.1) is 18.7 Å². The van der Waals surface area contributed by atoms with Crippen LogP contribution in [0.1, 0.15) is 42.7 Å². The molecule has 0 bridgehead atoms. The van der Waals surface area contributed by atoms with Crippen molar-refractivity contribution < 1.29 is 13.9 Å². The van der Waals surface area contributed by atoms with Crippen molar-refractivity contribution >= 4 is 29.9 Å². The molecule has 0 aromatic heterocycles. The van der Waals surface area contributed by atoms with E-state index in [-0.39, 0.29) is 36.6 Å².